The van der Waals surface area contributed by atoms with Crippen LogP contribution in [0.25, 0.3) is 11.3 Å². The predicted octanol–water partition coefficient (Wildman–Crippen LogP) is 4.08. The fraction of sp³-hybridized carbons (Fsp3) is 0.591. The zero-order valence-corrected chi connectivity index (χ0v) is 16.7. The predicted molar refractivity (Wildman–Crippen MR) is 114 cm³/mol. The van der Waals surface area contributed by atoms with Crippen molar-refractivity contribution in [2.24, 2.45) is 5.92 Å². The molecule has 150 valence electrons. The molecule has 6 heteroatoms. The molecule has 28 heavy (non-hydrogen) atoms. The van der Waals surface area contributed by atoms with E-state index in [1.807, 2.05) is 24.5 Å². The number of nitrogens with one attached hydrogen (secondary N) is 3. The van der Waals surface area contributed by atoms with Gasteiger partial charge in [0.05, 0.1) is 5.69 Å². The van der Waals surface area contributed by atoms with Gasteiger partial charge >= 0.3 is 0 Å². The average Bonchev–Trinajstić information content (AvgIpc) is 2.76. The summed E-state index contributed by atoms with van der Waals surface area (Å²) in [5.74, 6) is 2.47. The van der Waals surface area contributed by atoms with Crippen LogP contribution in [-0.4, -0.2) is 40.6 Å². The maximum absolute atomic E-state index is 4.80. The molecule has 0 bridgehead atoms. The molecule has 0 unspecified atom stereocenters. The molecule has 3 N–H and O–H groups in total. The Morgan fingerprint density at radius 3 is 2.54 bits per heavy atom. The molecule has 4 rings (SSSR count). The Morgan fingerprint density at radius 2 is 1.75 bits per heavy atom. The quantitative estimate of drug-likeness (QED) is 0.672. The third-order valence-corrected chi connectivity index (χ3v) is 5.96. The second kappa shape index (κ2) is 9.82. The fourth-order valence-electron chi connectivity index (χ4n) is 4.28. The summed E-state index contributed by atoms with van der Waals surface area (Å²) >= 11 is 0. The highest BCUT2D eigenvalue weighted by atomic mass is 15.2. The largest absolute Gasteiger partial charge is 0.370 e. The molecule has 1 aliphatic heterocycles. The number of rotatable bonds is 7. The summed E-state index contributed by atoms with van der Waals surface area (Å²) in [6.07, 6.45) is 13.7. The standard InChI is InChI=1S/C22H32N6/c1-2-4-19(5-3-1)26-22-27-20(18-9-13-24-14-10-18)16-21(28-22)25-15-8-17-6-11-23-12-7-17/h9-10,13-14,16-17,19,23H,1-8,11-12,15H2,(H2,25,26,27,28). The van der Waals surface area contributed by atoms with E-state index >= 15 is 0 Å². The number of aromatic nitrogens is 3. The Bertz CT molecular complexity index is 723. The van der Waals surface area contributed by atoms with Crippen LogP contribution in [0.1, 0.15) is 51.4 Å². The van der Waals surface area contributed by atoms with Gasteiger partial charge in [-0.15, -0.1) is 0 Å². The summed E-state index contributed by atoms with van der Waals surface area (Å²) in [7, 11) is 0. The molecule has 0 spiro atoms. The SMILES string of the molecule is c1cc(-c2cc(NCCC3CCNCC3)nc(NC3CCCCC3)n2)ccn1. The first-order chi connectivity index (χ1) is 13.9. The number of anilines is 2. The molecule has 6 nitrogen and oxygen atoms in total. The fourth-order valence-corrected chi connectivity index (χ4v) is 4.28. The highest BCUT2D eigenvalue weighted by Gasteiger charge is 2.16. The minimum atomic E-state index is 0.490. The topological polar surface area (TPSA) is 74.8 Å². The van der Waals surface area contributed by atoms with Gasteiger partial charge in [0.15, 0.2) is 0 Å². The first-order valence-corrected chi connectivity index (χ1v) is 10.9. The van der Waals surface area contributed by atoms with Crippen LogP contribution in [0.5, 0.6) is 0 Å². The molecule has 1 saturated carbocycles. The van der Waals surface area contributed by atoms with Crippen molar-refractivity contribution < 1.29 is 0 Å². The third-order valence-electron chi connectivity index (χ3n) is 5.96. The lowest BCUT2D eigenvalue weighted by Gasteiger charge is -2.24. The first kappa shape index (κ1) is 19.1. The number of hydrogen-bond donors (Lipinski definition) is 3. The van der Waals surface area contributed by atoms with Gasteiger partial charge in [-0.2, -0.15) is 4.98 Å². The molecule has 2 fully saturated rings. The highest BCUT2D eigenvalue weighted by Crippen LogP contribution is 2.24. The van der Waals surface area contributed by atoms with E-state index in [-0.39, 0.29) is 0 Å². The molecule has 3 heterocycles. The summed E-state index contributed by atoms with van der Waals surface area (Å²) < 4.78 is 0. The second-order valence-corrected chi connectivity index (χ2v) is 8.09. The summed E-state index contributed by atoms with van der Waals surface area (Å²) in [5.41, 5.74) is 2.02. The molecule has 0 atom stereocenters. The Labute approximate surface area is 168 Å². The molecular formula is C22H32N6. The van der Waals surface area contributed by atoms with Gasteiger partial charge in [0.2, 0.25) is 5.95 Å². The minimum Gasteiger partial charge on any atom is -0.370 e. The van der Waals surface area contributed by atoms with Crippen molar-refractivity contribution in [1.82, 2.24) is 20.3 Å². The average molecular weight is 381 g/mol. The van der Waals surface area contributed by atoms with Gasteiger partial charge in [-0.25, -0.2) is 4.98 Å². The van der Waals surface area contributed by atoms with E-state index < -0.39 is 0 Å². The van der Waals surface area contributed by atoms with Crippen molar-refractivity contribution in [3.8, 4) is 11.3 Å². The molecule has 2 aromatic heterocycles. The Morgan fingerprint density at radius 1 is 0.964 bits per heavy atom. The first-order valence-electron chi connectivity index (χ1n) is 10.9. The molecule has 1 aliphatic carbocycles. The zero-order chi connectivity index (χ0) is 19.0. The van der Waals surface area contributed by atoms with Crippen LogP contribution in [0.2, 0.25) is 0 Å². The van der Waals surface area contributed by atoms with Crippen molar-refractivity contribution in [2.45, 2.75) is 57.4 Å². The zero-order valence-electron chi connectivity index (χ0n) is 16.7. The maximum Gasteiger partial charge on any atom is 0.225 e. The van der Waals surface area contributed by atoms with Gasteiger partial charge in [0, 0.05) is 36.6 Å². The summed E-state index contributed by atoms with van der Waals surface area (Å²) in [6, 6.07) is 6.56. The number of piperidine rings is 1. The normalized spacial score (nSPS) is 18.7. The van der Waals surface area contributed by atoms with Crippen LogP contribution < -0.4 is 16.0 Å². The van der Waals surface area contributed by atoms with Crippen molar-refractivity contribution in [1.29, 1.82) is 0 Å². The van der Waals surface area contributed by atoms with Gasteiger partial charge in [-0.1, -0.05) is 19.3 Å². The van der Waals surface area contributed by atoms with Crippen LogP contribution in [0.4, 0.5) is 11.8 Å². The third kappa shape index (κ3) is 5.41. The molecule has 0 radical (unpaired) electrons. The van der Waals surface area contributed by atoms with Crippen LogP contribution in [0.15, 0.2) is 30.6 Å². The van der Waals surface area contributed by atoms with Gasteiger partial charge in [-0.3, -0.25) is 4.98 Å². The van der Waals surface area contributed by atoms with Gasteiger partial charge < -0.3 is 16.0 Å². The number of nitrogens with zero attached hydrogens (tertiary/aromatic N) is 3. The Kier molecular flexibility index (Phi) is 6.71. The maximum atomic E-state index is 4.80. The number of hydrogen-bond acceptors (Lipinski definition) is 6. The molecule has 0 aromatic carbocycles. The molecule has 1 saturated heterocycles. The lowest BCUT2D eigenvalue weighted by atomic mass is 9.95. The Hall–Kier alpha value is -2.21. The highest BCUT2D eigenvalue weighted by molar-refractivity contribution is 5.63. The van der Waals surface area contributed by atoms with E-state index in [2.05, 4.69) is 27.0 Å². The van der Waals surface area contributed by atoms with Crippen molar-refractivity contribution in [3.63, 3.8) is 0 Å². The monoisotopic (exact) mass is 380 g/mol. The van der Waals surface area contributed by atoms with E-state index in [1.165, 1.54) is 51.4 Å². The van der Waals surface area contributed by atoms with Crippen LogP contribution in [0.3, 0.4) is 0 Å². The van der Waals surface area contributed by atoms with Crippen molar-refractivity contribution >= 4 is 11.8 Å². The van der Waals surface area contributed by atoms with E-state index in [0.717, 1.165) is 48.6 Å². The number of pyridine rings is 1. The van der Waals surface area contributed by atoms with Crippen molar-refractivity contribution in [2.75, 3.05) is 30.3 Å². The molecule has 2 aromatic rings. The lowest BCUT2D eigenvalue weighted by Crippen LogP contribution is -2.28. The van der Waals surface area contributed by atoms with Crippen LogP contribution >= 0.6 is 0 Å². The van der Waals surface area contributed by atoms with Crippen molar-refractivity contribution in [3.05, 3.63) is 30.6 Å². The lowest BCUT2D eigenvalue weighted by molar-refractivity contribution is 0.361. The van der Waals surface area contributed by atoms with Crippen LogP contribution in [-0.2, 0) is 0 Å². The van der Waals surface area contributed by atoms with Gasteiger partial charge in [0.25, 0.3) is 0 Å². The second-order valence-electron chi connectivity index (χ2n) is 8.09. The molecule has 2 aliphatic rings. The minimum absolute atomic E-state index is 0.490. The van der Waals surface area contributed by atoms with E-state index in [4.69, 9.17) is 9.97 Å². The van der Waals surface area contributed by atoms with Gasteiger partial charge in [0.1, 0.15) is 5.82 Å². The molecular weight excluding hydrogens is 348 g/mol. The van der Waals surface area contributed by atoms with E-state index in [1.54, 1.807) is 0 Å². The summed E-state index contributed by atoms with van der Waals surface area (Å²) in [6.45, 7) is 3.26. The summed E-state index contributed by atoms with van der Waals surface area (Å²) in [5, 5.41) is 10.6. The van der Waals surface area contributed by atoms with Gasteiger partial charge in [-0.05, 0) is 63.2 Å². The molecule has 0 amide bonds. The van der Waals surface area contributed by atoms with E-state index in [9.17, 15) is 0 Å². The summed E-state index contributed by atoms with van der Waals surface area (Å²) in [4.78, 5) is 13.7. The Balaban J connectivity index is 1.46. The smallest absolute Gasteiger partial charge is 0.225 e. The van der Waals surface area contributed by atoms with E-state index in [0.29, 0.717) is 6.04 Å². The van der Waals surface area contributed by atoms with Crippen LogP contribution in [0, 0.1) is 5.92 Å².